The summed E-state index contributed by atoms with van der Waals surface area (Å²) < 4.78 is 6.73. The van der Waals surface area contributed by atoms with Gasteiger partial charge in [0.25, 0.3) is 0 Å². The molecule has 0 amide bonds. The van der Waals surface area contributed by atoms with Gasteiger partial charge in [0.2, 0.25) is 5.95 Å². The number of nitrogens with one attached hydrogen (secondary N) is 1. The third-order valence-electron chi connectivity index (χ3n) is 4.95. The van der Waals surface area contributed by atoms with Crippen molar-refractivity contribution in [2.24, 2.45) is 5.10 Å². The average molecular weight is 459 g/mol. The van der Waals surface area contributed by atoms with Gasteiger partial charge in [0, 0.05) is 0 Å². The molecule has 0 saturated carbocycles. The monoisotopic (exact) mass is 459 g/mol. The number of aliphatic hydroxyl groups excluding tert-OH is 8. The molecule has 0 bridgehead atoms. The number of anilines is 2. The van der Waals surface area contributed by atoms with Gasteiger partial charge in [-0.15, -0.1) is 0 Å². The number of rotatable bonds is 9. The standard InChI is InChI=1S/C16H25N7O9/c17-13-8-14(23(4-18-8)15-12(31)11(30)7(3-26)32-15)20-16(19-13)22-21-5(1-24)9(28)10(29)6(27)2-25/h4,6-7,9-12,15,24-31H,1-3H2,(H3,17,19,20,22)/b21-5+/t6-,7+,9-,10-,11+,12+,15+/m0/s1. The lowest BCUT2D eigenvalue weighted by molar-refractivity contribution is -0.0564. The number of imidazole rings is 1. The third-order valence-corrected chi connectivity index (χ3v) is 4.95. The predicted molar refractivity (Wildman–Crippen MR) is 106 cm³/mol. The number of hydrogen-bond donors (Lipinski definition) is 10. The highest BCUT2D eigenvalue weighted by Crippen LogP contribution is 2.32. The normalized spacial score (nSPS) is 26.9. The van der Waals surface area contributed by atoms with E-state index in [1.165, 1.54) is 10.9 Å². The van der Waals surface area contributed by atoms with Crippen LogP contribution in [0.15, 0.2) is 11.4 Å². The number of nitrogens with two attached hydrogens (primary N) is 1. The predicted octanol–water partition coefficient (Wildman–Crippen LogP) is -5.14. The smallest absolute Gasteiger partial charge is 0.247 e. The molecule has 1 aliphatic rings. The molecule has 2 aromatic rings. The summed E-state index contributed by atoms with van der Waals surface area (Å²) >= 11 is 0. The van der Waals surface area contributed by atoms with Crippen molar-refractivity contribution in [1.82, 2.24) is 19.5 Å². The molecule has 0 aromatic carbocycles. The van der Waals surface area contributed by atoms with Crippen LogP contribution in [-0.4, -0.2) is 123 Å². The van der Waals surface area contributed by atoms with Crippen LogP contribution in [0.4, 0.5) is 11.8 Å². The van der Waals surface area contributed by atoms with Crippen LogP contribution in [0.25, 0.3) is 11.2 Å². The second-order valence-corrected chi connectivity index (χ2v) is 7.04. The Kier molecular flexibility index (Phi) is 7.49. The van der Waals surface area contributed by atoms with E-state index in [2.05, 4.69) is 25.5 Å². The van der Waals surface area contributed by atoms with E-state index in [0.717, 1.165) is 0 Å². The fraction of sp³-hybridized carbons (Fsp3) is 0.625. The molecule has 32 heavy (non-hydrogen) atoms. The summed E-state index contributed by atoms with van der Waals surface area (Å²) in [6.45, 7) is -2.17. The third kappa shape index (κ3) is 4.49. The van der Waals surface area contributed by atoms with Crippen LogP contribution in [0.1, 0.15) is 6.23 Å². The molecule has 16 heteroatoms. The molecule has 0 spiro atoms. The lowest BCUT2D eigenvalue weighted by Gasteiger charge is -2.22. The van der Waals surface area contributed by atoms with E-state index >= 15 is 0 Å². The lowest BCUT2D eigenvalue weighted by Crippen LogP contribution is -2.45. The molecular formula is C16H25N7O9. The van der Waals surface area contributed by atoms with Crippen LogP contribution in [0.5, 0.6) is 0 Å². The van der Waals surface area contributed by atoms with Crippen LogP contribution in [-0.2, 0) is 4.74 Å². The molecule has 3 rings (SSSR count). The Morgan fingerprint density at radius 1 is 1.19 bits per heavy atom. The zero-order valence-corrected chi connectivity index (χ0v) is 16.5. The van der Waals surface area contributed by atoms with Crippen molar-refractivity contribution in [2.75, 3.05) is 31.0 Å². The highest BCUT2D eigenvalue weighted by atomic mass is 16.6. The number of nitrogens with zero attached hydrogens (tertiary/aromatic N) is 5. The minimum absolute atomic E-state index is 0.0758. The average Bonchev–Trinajstić information content (AvgIpc) is 3.34. The number of aliphatic hydroxyl groups is 8. The van der Waals surface area contributed by atoms with Crippen molar-refractivity contribution in [3.63, 3.8) is 0 Å². The van der Waals surface area contributed by atoms with Gasteiger partial charge in [0.15, 0.2) is 17.7 Å². The van der Waals surface area contributed by atoms with Crippen molar-refractivity contribution in [3.8, 4) is 0 Å². The Morgan fingerprint density at radius 3 is 2.50 bits per heavy atom. The van der Waals surface area contributed by atoms with E-state index in [1.54, 1.807) is 0 Å². The van der Waals surface area contributed by atoms with Gasteiger partial charge >= 0.3 is 0 Å². The van der Waals surface area contributed by atoms with E-state index in [4.69, 9.17) is 15.6 Å². The van der Waals surface area contributed by atoms with Crippen molar-refractivity contribution >= 4 is 28.6 Å². The van der Waals surface area contributed by atoms with Crippen LogP contribution in [0, 0.1) is 0 Å². The Balaban J connectivity index is 1.89. The molecule has 2 aromatic heterocycles. The summed E-state index contributed by atoms with van der Waals surface area (Å²) in [5, 5.41) is 80.7. The molecule has 0 radical (unpaired) electrons. The largest absolute Gasteiger partial charge is 0.394 e. The van der Waals surface area contributed by atoms with E-state index in [1.807, 2.05) is 0 Å². The van der Waals surface area contributed by atoms with Gasteiger partial charge < -0.3 is 51.3 Å². The van der Waals surface area contributed by atoms with E-state index in [9.17, 15) is 35.7 Å². The number of ether oxygens (including phenoxy) is 1. The minimum atomic E-state index is -1.82. The lowest BCUT2D eigenvalue weighted by atomic mass is 10.0. The summed E-state index contributed by atoms with van der Waals surface area (Å²) in [4.78, 5) is 12.1. The summed E-state index contributed by atoms with van der Waals surface area (Å²) in [5.41, 5.74) is 8.04. The maximum Gasteiger partial charge on any atom is 0.247 e. The van der Waals surface area contributed by atoms with Gasteiger partial charge in [-0.05, 0) is 0 Å². The summed E-state index contributed by atoms with van der Waals surface area (Å²) in [6, 6.07) is 0. The van der Waals surface area contributed by atoms with Gasteiger partial charge in [0.05, 0.1) is 31.9 Å². The van der Waals surface area contributed by atoms with Gasteiger partial charge in [-0.3, -0.25) is 4.57 Å². The van der Waals surface area contributed by atoms with Crippen molar-refractivity contribution in [2.45, 2.75) is 42.9 Å². The Hall–Kier alpha value is -2.54. The maximum atomic E-state index is 10.3. The fourth-order valence-electron chi connectivity index (χ4n) is 3.12. The Labute approximate surface area is 179 Å². The van der Waals surface area contributed by atoms with Gasteiger partial charge in [0.1, 0.15) is 42.1 Å². The molecule has 0 aliphatic carbocycles. The van der Waals surface area contributed by atoms with Crippen molar-refractivity contribution in [3.05, 3.63) is 6.33 Å². The zero-order chi connectivity index (χ0) is 23.6. The molecule has 1 fully saturated rings. The van der Waals surface area contributed by atoms with Crippen LogP contribution >= 0.6 is 0 Å². The molecule has 16 nitrogen and oxygen atoms in total. The van der Waals surface area contributed by atoms with E-state index in [0.29, 0.717) is 0 Å². The SMILES string of the molecule is Nc1nc(N/N=C(\CO)[C@H](O)[C@@H](O)[C@@H](O)CO)nc2c1ncn2[C@@H]1O[C@H](CO)[C@@H](O)[C@H]1O. The molecule has 11 N–H and O–H groups in total. The van der Waals surface area contributed by atoms with Crippen LogP contribution in [0.2, 0.25) is 0 Å². The highest BCUT2D eigenvalue weighted by molar-refractivity contribution is 5.90. The van der Waals surface area contributed by atoms with Crippen LogP contribution < -0.4 is 11.2 Å². The van der Waals surface area contributed by atoms with Gasteiger partial charge in [-0.25, -0.2) is 10.4 Å². The Morgan fingerprint density at radius 2 is 1.91 bits per heavy atom. The quantitative estimate of drug-likeness (QED) is 0.124. The van der Waals surface area contributed by atoms with Crippen molar-refractivity contribution < 1.29 is 45.6 Å². The summed E-state index contributed by atoms with van der Waals surface area (Å²) in [5.74, 6) is -0.320. The number of fused-ring (bicyclic) bond motifs is 1. The van der Waals surface area contributed by atoms with Gasteiger partial charge in [-0.1, -0.05) is 0 Å². The molecule has 1 saturated heterocycles. The molecule has 0 unspecified atom stereocenters. The van der Waals surface area contributed by atoms with Crippen LogP contribution in [0.3, 0.4) is 0 Å². The number of aromatic nitrogens is 4. The molecule has 7 atom stereocenters. The first-order valence-electron chi connectivity index (χ1n) is 9.44. The minimum Gasteiger partial charge on any atom is -0.394 e. The van der Waals surface area contributed by atoms with E-state index in [-0.39, 0.29) is 22.9 Å². The van der Waals surface area contributed by atoms with E-state index < -0.39 is 68.4 Å². The maximum absolute atomic E-state index is 10.3. The Bertz CT molecular complexity index is 957. The molecular weight excluding hydrogens is 434 g/mol. The second kappa shape index (κ2) is 9.94. The molecule has 3 heterocycles. The summed E-state index contributed by atoms with van der Waals surface area (Å²) in [7, 11) is 0. The first-order chi connectivity index (χ1) is 15.2. The topological polar surface area (TPSA) is 265 Å². The summed E-state index contributed by atoms with van der Waals surface area (Å²) in [6.07, 6.45) is -8.97. The zero-order valence-electron chi connectivity index (χ0n) is 16.5. The first-order valence-corrected chi connectivity index (χ1v) is 9.44. The molecule has 1 aliphatic heterocycles. The second-order valence-electron chi connectivity index (χ2n) is 7.04. The number of nitrogen functional groups attached to an aromatic ring is 1. The molecule has 178 valence electrons. The van der Waals surface area contributed by atoms with Gasteiger partial charge in [-0.2, -0.15) is 15.1 Å². The fourth-order valence-corrected chi connectivity index (χ4v) is 3.12. The van der Waals surface area contributed by atoms with Crippen molar-refractivity contribution in [1.29, 1.82) is 0 Å². The number of hydrazone groups is 1. The first kappa shape index (κ1) is 24.1. The number of hydrogen-bond acceptors (Lipinski definition) is 15. The highest BCUT2D eigenvalue weighted by Gasteiger charge is 2.44.